The number of aliphatic carboxylic acids is 1. The molecule has 2 aromatic carbocycles. The van der Waals surface area contributed by atoms with E-state index in [0.29, 0.717) is 38.2 Å². The Labute approximate surface area is 222 Å². The predicted octanol–water partition coefficient (Wildman–Crippen LogP) is 2.63. The third-order valence-corrected chi connectivity index (χ3v) is 8.22. The molecule has 204 valence electrons. The number of piperidine rings is 1. The second-order valence-corrected chi connectivity index (χ2v) is 11.3. The van der Waals surface area contributed by atoms with Crippen LogP contribution >= 0.6 is 0 Å². The number of hydrogen-bond donors (Lipinski definition) is 4. The fourth-order valence-electron chi connectivity index (χ4n) is 4.82. The maximum atomic E-state index is 13.6. The lowest BCUT2D eigenvalue weighted by Gasteiger charge is -2.35. The van der Waals surface area contributed by atoms with Crippen LogP contribution in [0.15, 0.2) is 53.7 Å². The highest BCUT2D eigenvalue weighted by Gasteiger charge is 2.37. The zero-order valence-electron chi connectivity index (χ0n) is 21.6. The summed E-state index contributed by atoms with van der Waals surface area (Å²) in [5.74, 6) is -1.02. The van der Waals surface area contributed by atoms with Gasteiger partial charge in [0.1, 0.15) is 12.1 Å². The summed E-state index contributed by atoms with van der Waals surface area (Å²) >= 11 is 0. The second-order valence-electron chi connectivity index (χ2n) is 9.62. The van der Waals surface area contributed by atoms with Gasteiger partial charge in [0.25, 0.3) is 0 Å². The summed E-state index contributed by atoms with van der Waals surface area (Å²) in [7, 11) is -0.244. The highest BCUT2D eigenvalue weighted by Crippen LogP contribution is 2.28. The third-order valence-electron chi connectivity index (χ3n) is 6.75. The van der Waals surface area contributed by atoms with Gasteiger partial charge in [-0.05, 0) is 55.7 Å². The number of nitrogens with one attached hydrogen (secondary N) is 3. The molecular weight excluding hydrogens is 508 g/mol. The molecule has 3 aromatic rings. The van der Waals surface area contributed by atoms with Crippen molar-refractivity contribution in [2.45, 2.75) is 49.1 Å². The Morgan fingerprint density at radius 3 is 2.76 bits per heavy atom. The summed E-state index contributed by atoms with van der Waals surface area (Å²) in [4.78, 5) is 35.7. The van der Waals surface area contributed by atoms with Crippen LogP contribution in [0.5, 0.6) is 0 Å². The molecule has 1 amide bonds. The molecule has 1 fully saturated rings. The Kier molecular flexibility index (Phi) is 8.52. The minimum Gasteiger partial charge on any atom is -0.480 e. The number of amides is 1. The first kappa shape index (κ1) is 27.4. The first-order chi connectivity index (χ1) is 18.2. The number of benzene rings is 2. The molecule has 38 heavy (non-hydrogen) atoms. The number of carboxylic acids is 1. The van der Waals surface area contributed by atoms with Gasteiger partial charge in [0.2, 0.25) is 15.9 Å². The monoisotopic (exact) mass is 542 g/mol. The van der Waals surface area contributed by atoms with Crippen molar-refractivity contribution in [3.63, 3.8) is 0 Å². The van der Waals surface area contributed by atoms with Crippen molar-refractivity contribution in [2.24, 2.45) is 0 Å². The van der Waals surface area contributed by atoms with Gasteiger partial charge >= 0.3 is 5.97 Å². The number of likely N-dealkylation sites (tertiary alicyclic amines) is 1. The summed E-state index contributed by atoms with van der Waals surface area (Å²) in [6, 6.07) is 8.46. The van der Waals surface area contributed by atoms with E-state index in [4.69, 9.17) is 0 Å². The fraction of sp³-hybridized carbons (Fsp3) is 0.423. The number of carbonyl (C=O) groups excluding carboxylic acids is 1. The molecular formula is C26H34N6O5S. The van der Waals surface area contributed by atoms with Gasteiger partial charge < -0.3 is 25.2 Å². The molecule has 1 unspecified atom stereocenters. The van der Waals surface area contributed by atoms with Crippen molar-refractivity contribution in [2.75, 3.05) is 37.4 Å². The summed E-state index contributed by atoms with van der Waals surface area (Å²) in [6.45, 7) is 0.729. The van der Waals surface area contributed by atoms with E-state index in [-0.39, 0.29) is 17.9 Å². The van der Waals surface area contributed by atoms with Gasteiger partial charge in [-0.2, -0.15) is 4.72 Å². The van der Waals surface area contributed by atoms with Crippen LogP contribution in [0.3, 0.4) is 0 Å². The molecule has 1 aliphatic heterocycles. The molecule has 12 heteroatoms. The first-order valence-corrected chi connectivity index (χ1v) is 14.1. The van der Waals surface area contributed by atoms with Crippen molar-refractivity contribution in [1.29, 1.82) is 0 Å². The zero-order chi connectivity index (χ0) is 27.3. The lowest BCUT2D eigenvalue weighted by molar-refractivity contribution is -0.152. The number of imidazole rings is 1. The molecule has 4 N–H and O–H groups in total. The Hall–Kier alpha value is -3.64. The first-order valence-electron chi connectivity index (χ1n) is 12.7. The number of anilines is 2. The van der Waals surface area contributed by atoms with E-state index in [1.54, 1.807) is 24.5 Å². The molecule has 1 aromatic heterocycles. The van der Waals surface area contributed by atoms with Crippen LogP contribution < -0.4 is 14.9 Å². The van der Waals surface area contributed by atoms with Crippen LogP contribution in [-0.2, 0) is 19.6 Å². The van der Waals surface area contributed by atoms with E-state index in [2.05, 4.69) is 20.0 Å². The van der Waals surface area contributed by atoms with Crippen LogP contribution in [-0.4, -0.2) is 79.5 Å². The maximum absolute atomic E-state index is 13.6. The van der Waals surface area contributed by atoms with E-state index < -0.39 is 34.0 Å². The SMILES string of the molecule is CN(C)c1cccc2cc(S(=O)(=O)N[C@@H](CCCNc3ncc[nH]3)C(=O)N3CCCCC3C(=O)O)ccc12. The van der Waals surface area contributed by atoms with Gasteiger partial charge in [-0.15, -0.1) is 0 Å². The minimum atomic E-state index is -4.08. The molecule has 4 rings (SSSR count). The Bertz CT molecular complexity index is 1380. The number of carboxylic acid groups (broad SMARTS) is 1. The molecule has 0 aliphatic carbocycles. The second kappa shape index (κ2) is 11.8. The van der Waals surface area contributed by atoms with Gasteiger partial charge in [0.15, 0.2) is 5.95 Å². The number of H-pyrrole nitrogens is 1. The van der Waals surface area contributed by atoms with Gasteiger partial charge in [-0.1, -0.05) is 18.2 Å². The third kappa shape index (κ3) is 6.25. The minimum absolute atomic E-state index is 0.0424. The van der Waals surface area contributed by atoms with E-state index in [1.165, 1.54) is 11.0 Å². The molecule has 0 bridgehead atoms. The number of sulfonamides is 1. The number of aromatic amines is 1. The highest BCUT2D eigenvalue weighted by molar-refractivity contribution is 7.89. The quantitative estimate of drug-likeness (QED) is 0.270. The van der Waals surface area contributed by atoms with Crippen molar-refractivity contribution < 1.29 is 23.1 Å². The largest absolute Gasteiger partial charge is 0.480 e. The van der Waals surface area contributed by atoms with Crippen LogP contribution in [0.25, 0.3) is 10.8 Å². The molecule has 2 atom stereocenters. The summed E-state index contributed by atoms with van der Waals surface area (Å²) in [6.07, 6.45) is 5.65. The van der Waals surface area contributed by atoms with Gasteiger partial charge in [0, 0.05) is 50.7 Å². The summed E-state index contributed by atoms with van der Waals surface area (Å²) < 4.78 is 29.6. The standard InChI is InChI=1S/C26H34N6O5S/c1-31(2)22-10-5-7-18-17-19(11-12-20(18)22)38(36,37)30-21(8-6-13-27-26-28-14-15-29-26)24(33)32-16-4-3-9-23(32)25(34)35/h5,7,10-12,14-15,17,21,23,30H,3-4,6,8-9,13,16H2,1-2H3,(H,34,35)(H2,27,28,29)/t21-,23?/m0/s1. The van der Waals surface area contributed by atoms with Crippen LogP contribution in [0, 0.1) is 0 Å². The van der Waals surface area contributed by atoms with Crippen molar-refractivity contribution >= 4 is 44.3 Å². The lowest BCUT2D eigenvalue weighted by Crippen LogP contribution is -2.55. The average molecular weight is 543 g/mol. The van der Waals surface area contributed by atoms with Gasteiger partial charge in [-0.25, -0.2) is 18.2 Å². The van der Waals surface area contributed by atoms with Crippen LogP contribution in [0.4, 0.5) is 11.6 Å². The maximum Gasteiger partial charge on any atom is 0.326 e. The van der Waals surface area contributed by atoms with Gasteiger partial charge in [-0.3, -0.25) is 4.79 Å². The van der Waals surface area contributed by atoms with E-state index >= 15 is 0 Å². The van der Waals surface area contributed by atoms with E-state index in [0.717, 1.165) is 16.5 Å². The molecule has 1 aliphatic rings. The topological polar surface area (TPSA) is 148 Å². The number of hydrogen-bond acceptors (Lipinski definition) is 7. The van der Waals surface area contributed by atoms with E-state index in [9.17, 15) is 23.1 Å². The number of carbonyl (C=O) groups is 2. The molecule has 1 saturated heterocycles. The smallest absolute Gasteiger partial charge is 0.326 e. The van der Waals surface area contributed by atoms with Gasteiger partial charge in [0.05, 0.1) is 4.90 Å². The predicted molar refractivity (Wildman–Crippen MR) is 146 cm³/mol. The van der Waals surface area contributed by atoms with E-state index in [1.807, 2.05) is 37.2 Å². The summed E-state index contributed by atoms with van der Waals surface area (Å²) in [5.41, 5.74) is 0.960. The van der Waals surface area contributed by atoms with Crippen molar-refractivity contribution in [3.8, 4) is 0 Å². The number of aromatic nitrogens is 2. The number of nitrogens with zero attached hydrogens (tertiary/aromatic N) is 3. The zero-order valence-corrected chi connectivity index (χ0v) is 22.4. The van der Waals surface area contributed by atoms with Crippen molar-refractivity contribution in [1.82, 2.24) is 19.6 Å². The highest BCUT2D eigenvalue weighted by atomic mass is 32.2. The lowest BCUT2D eigenvalue weighted by atomic mass is 10.00. The molecule has 0 radical (unpaired) electrons. The van der Waals surface area contributed by atoms with Crippen molar-refractivity contribution in [3.05, 3.63) is 48.8 Å². The van der Waals surface area contributed by atoms with Crippen LogP contribution in [0.1, 0.15) is 32.1 Å². The summed E-state index contributed by atoms with van der Waals surface area (Å²) in [5, 5.41) is 14.4. The molecule has 0 saturated carbocycles. The fourth-order valence-corrected chi connectivity index (χ4v) is 6.08. The normalized spacial score (nSPS) is 16.8. The molecule has 2 heterocycles. The average Bonchev–Trinajstić information content (AvgIpc) is 3.42. The number of fused-ring (bicyclic) bond motifs is 1. The molecule has 0 spiro atoms. The van der Waals surface area contributed by atoms with Crippen LogP contribution in [0.2, 0.25) is 0 Å². The molecule has 11 nitrogen and oxygen atoms in total. The Morgan fingerprint density at radius 1 is 1.24 bits per heavy atom. The Balaban J connectivity index is 1.57. The number of rotatable bonds is 11. The Morgan fingerprint density at radius 2 is 2.05 bits per heavy atom.